The third-order valence-electron chi connectivity index (χ3n) is 5.01. The Morgan fingerprint density at radius 1 is 1.10 bits per heavy atom. The average molecular weight is 402 g/mol. The minimum Gasteiger partial charge on any atom is -0.434 e. The van der Waals surface area contributed by atoms with Gasteiger partial charge in [0, 0.05) is 45.3 Å². The molecule has 0 aromatic heterocycles. The zero-order valence-electron chi connectivity index (χ0n) is 16.7. The highest BCUT2D eigenvalue weighted by atomic mass is 19.3. The highest BCUT2D eigenvalue weighted by Crippen LogP contribution is 2.20. The summed E-state index contributed by atoms with van der Waals surface area (Å²) in [6.07, 6.45) is 2.10. The molecule has 3 rings (SSSR count). The minimum absolute atomic E-state index is 0.177. The van der Waals surface area contributed by atoms with Gasteiger partial charge < -0.3 is 15.4 Å². The number of fused-ring (bicyclic) bond motifs is 1. The summed E-state index contributed by atoms with van der Waals surface area (Å²) < 4.78 is 29.6. The van der Waals surface area contributed by atoms with Crippen molar-refractivity contribution in [2.75, 3.05) is 26.7 Å². The lowest BCUT2D eigenvalue weighted by Gasteiger charge is -2.28. The normalized spacial score (nSPS) is 14.6. The number of hydrogen-bond donors (Lipinski definition) is 2. The maximum Gasteiger partial charge on any atom is 0.387 e. The Labute approximate surface area is 170 Å². The zero-order chi connectivity index (χ0) is 20.5. The van der Waals surface area contributed by atoms with E-state index in [-0.39, 0.29) is 5.75 Å². The number of para-hydroxylation sites is 1. The maximum absolute atomic E-state index is 12.5. The highest BCUT2D eigenvalue weighted by molar-refractivity contribution is 5.79. The largest absolute Gasteiger partial charge is 0.434 e. The number of rotatable bonds is 8. The first-order valence-electron chi connectivity index (χ1n) is 9.92. The predicted octanol–water partition coefficient (Wildman–Crippen LogP) is 3.40. The van der Waals surface area contributed by atoms with Crippen molar-refractivity contribution in [2.24, 2.45) is 4.99 Å². The summed E-state index contributed by atoms with van der Waals surface area (Å²) in [6, 6.07) is 15.4. The van der Waals surface area contributed by atoms with E-state index in [2.05, 4.69) is 49.5 Å². The molecule has 2 aromatic rings. The van der Waals surface area contributed by atoms with Crippen molar-refractivity contribution in [3.05, 3.63) is 65.2 Å². The van der Waals surface area contributed by atoms with E-state index in [1.165, 1.54) is 17.2 Å². The molecule has 0 fully saturated rings. The van der Waals surface area contributed by atoms with E-state index in [1.807, 2.05) is 0 Å². The number of alkyl halides is 2. The summed E-state index contributed by atoms with van der Waals surface area (Å²) in [5.41, 5.74) is 3.54. The molecule has 2 N–H and O–H groups in total. The first kappa shape index (κ1) is 21.0. The van der Waals surface area contributed by atoms with E-state index < -0.39 is 6.61 Å². The molecule has 7 heteroatoms. The van der Waals surface area contributed by atoms with Gasteiger partial charge in [-0.2, -0.15) is 8.78 Å². The summed E-state index contributed by atoms with van der Waals surface area (Å²) in [5, 5.41) is 6.43. The molecule has 0 bridgehead atoms. The number of hydrogen-bond acceptors (Lipinski definition) is 3. The van der Waals surface area contributed by atoms with Crippen molar-refractivity contribution in [3.8, 4) is 5.75 Å². The highest BCUT2D eigenvalue weighted by Gasteiger charge is 2.15. The fraction of sp³-hybridized carbons (Fsp3) is 0.409. The van der Waals surface area contributed by atoms with Crippen LogP contribution in [0.5, 0.6) is 5.75 Å². The molecule has 1 aliphatic heterocycles. The van der Waals surface area contributed by atoms with Crippen LogP contribution >= 0.6 is 0 Å². The van der Waals surface area contributed by atoms with Crippen LogP contribution in [-0.2, 0) is 19.5 Å². The quantitative estimate of drug-likeness (QED) is 0.404. The molecule has 2 aromatic carbocycles. The molecule has 0 atom stereocenters. The zero-order valence-corrected chi connectivity index (χ0v) is 16.7. The van der Waals surface area contributed by atoms with Crippen molar-refractivity contribution in [3.63, 3.8) is 0 Å². The molecule has 29 heavy (non-hydrogen) atoms. The molecular weight excluding hydrogens is 374 g/mol. The van der Waals surface area contributed by atoms with Gasteiger partial charge in [0.1, 0.15) is 5.75 Å². The first-order valence-corrected chi connectivity index (χ1v) is 9.92. The molecule has 1 heterocycles. The van der Waals surface area contributed by atoms with Crippen molar-refractivity contribution in [1.29, 1.82) is 0 Å². The van der Waals surface area contributed by atoms with Crippen molar-refractivity contribution in [1.82, 2.24) is 15.5 Å². The second kappa shape index (κ2) is 10.8. The van der Waals surface area contributed by atoms with Gasteiger partial charge in [-0.25, -0.2) is 0 Å². The third-order valence-corrected chi connectivity index (χ3v) is 5.01. The molecule has 0 saturated heterocycles. The molecule has 0 spiro atoms. The van der Waals surface area contributed by atoms with Crippen LogP contribution < -0.4 is 15.4 Å². The van der Waals surface area contributed by atoms with E-state index in [0.717, 1.165) is 39.0 Å². The number of guanidine groups is 1. The summed E-state index contributed by atoms with van der Waals surface area (Å²) >= 11 is 0. The monoisotopic (exact) mass is 402 g/mol. The molecule has 156 valence electrons. The maximum atomic E-state index is 12.5. The van der Waals surface area contributed by atoms with Crippen LogP contribution in [0.1, 0.15) is 23.1 Å². The number of halogens is 2. The number of benzene rings is 2. The number of ether oxygens (including phenoxy) is 1. The van der Waals surface area contributed by atoms with Crippen LogP contribution in [0.4, 0.5) is 8.78 Å². The molecule has 5 nitrogen and oxygen atoms in total. The van der Waals surface area contributed by atoms with Gasteiger partial charge in [0.15, 0.2) is 5.96 Å². The number of nitrogens with one attached hydrogen (secondary N) is 2. The average Bonchev–Trinajstić information content (AvgIpc) is 2.73. The van der Waals surface area contributed by atoms with E-state index in [1.54, 1.807) is 25.2 Å². The Morgan fingerprint density at radius 3 is 2.66 bits per heavy atom. The number of nitrogens with zero attached hydrogens (tertiary/aromatic N) is 2. The Bertz CT molecular complexity index is 813. The van der Waals surface area contributed by atoms with Crippen LogP contribution in [-0.4, -0.2) is 44.2 Å². The summed E-state index contributed by atoms with van der Waals surface area (Å²) in [7, 11) is 1.69. The third kappa shape index (κ3) is 6.42. The topological polar surface area (TPSA) is 48.9 Å². The Kier molecular flexibility index (Phi) is 7.81. The SMILES string of the molecule is CN=C(NCCCN1CCc2ccccc2C1)NCc1ccccc1OC(F)F. The lowest BCUT2D eigenvalue weighted by atomic mass is 10.00. The molecule has 0 amide bonds. The van der Waals surface area contributed by atoms with E-state index in [4.69, 9.17) is 0 Å². The van der Waals surface area contributed by atoms with E-state index in [0.29, 0.717) is 18.1 Å². The van der Waals surface area contributed by atoms with Crippen molar-refractivity contribution >= 4 is 5.96 Å². The van der Waals surface area contributed by atoms with E-state index in [9.17, 15) is 8.78 Å². The Balaban J connectivity index is 1.39. The smallest absolute Gasteiger partial charge is 0.387 e. The number of aliphatic imine (C=N–C) groups is 1. The van der Waals surface area contributed by atoms with Gasteiger partial charge in [-0.15, -0.1) is 0 Å². The summed E-state index contributed by atoms with van der Waals surface area (Å²) in [4.78, 5) is 6.67. The van der Waals surface area contributed by atoms with Crippen LogP contribution in [0, 0.1) is 0 Å². The van der Waals surface area contributed by atoms with Crippen molar-refractivity contribution in [2.45, 2.75) is 32.5 Å². The molecule has 0 saturated carbocycles. The van der Waals surface area contributed by atoms with E-state index >= 15 is 0 Å². The molecular formula is C22H28F2N4O. The predicted molar refractivity (Wildman–Crippen MR) is 111 cm³/mol. The summed E-state index contributed by atoms with van der Waals surface area (Å²) in [5.74, 6) is 0.816. The lowest BCUT2D eigenvalue weighted by molar-refractivity contribution is -0.0504. The van der Waals surface area contributed by atoms with Crippen LogP contribution in [0.25, 0.3) is 0 Å². The molecule has 0 aliphatic carbocycles. The minimum atomic E-state index is -2.84. The second-order valence-electron chi connectivity index (χ2n) is 6.99. The van der Waals surface area contributed by atoms with Gasteiger partial charge in [-0.05, 0) is 30.0 Å². The molecule has 0 unspecified atom stereocenters. The fourth-order valence-electron chi connectivity index (χ4n) is 3.51. The van der Waals surface area contributed by atoms with Gasteiger partial charge in [0.2, 0.25) is 0 Å². The van der Waals surface area contributed by atoms with Gasteiger partial charge in [-0.1, -0.05) is 42.5 Å². The van der Waals surface area contributed by atoms with Gasteiger partial charge in [-0.3, -0.25) is 9.89 Å². The second-order valence-corrected chi connectivity index (χ2v) is 6.99. The van der Waals surface area contributed by atoms with Crippen LogP contribution in [0.2, 0.25) is 0 Å². The molecule has 0 radical (unpaired) electrons. The standard InChI is InChI=1S/C22H28F2N4O/c1-25-22(27-15-18-8-4-5-10-20(18)29-21(23)24)26-12-6-13-28-14-11-17-7-2-3-9-19(17)16-28/h2-5,7-10,21H,6,11-16H2,1H3,(H2,25,26,27). The first-order chi connectivity index (χ1) is 14.2. The summed E-state index contributed by atoms with van der Waals surface area (Å²) in [6.45, 7) is 1.41. The molecule has 1 aliphatic rings. The van der Waals surface area contributed by atoms with Crippen LogP contribution in [0.15, 0.2) is 53.5 Å². The lowest BCUT2D eigenvalue weighted by Crippen LogP contribution is -2.39. The van der Waals surface area contributed by atoms with Crippen LogP contribution in [0.3, 0.4) is 0 Å². The Hall–Kier alpha value is -2.67. The van der Waals surface area contributed by atoms with Gasteiger partial charge in [0.05, 0.1) is 0 Å². The Morgan fingerprint density at radius 2 is 1.86 bits per heavy atom. The van der Waals surface area contributed by atoms with Crippen molar-refractivity contribution < 1.29 is 13.5 Å². The fourth-order valence-corrected chi connectivity index (χ4v) is 3.51. The van der Waals surface area contributed by atoms with Gasteiger partial charge in [0.25, 0.3) is 0 Å². The van der Waals surface area contributed by atoms with Gasteiger partial charge >= 0.3 is 6.61 Å².